The summed E-state index contributed by atoms with van der Waals surface area (Å²) in [4.78, 5) is 10.5. The fourth-order valence-electron chi connectivity index (χ4n) is 1.60. The molecule has 1 amide bonds. The molecule has 2 unspecified atom stereocenters. The Kier molecular flexibility index (Phi) is 4.46. The van der Waals surface area contributed by atoms with Crippen LogP contribution in [0.5, 0.6) is 0 Å². The normalized spacial score (nSPS) is 27.8. The smallest absolute Gasteiger partial charge is 0.405 e. The second-order valence-corrected chi connectivity index (χ2v) is 3.43. The average molecular weight is 199 g/mol. The number of amides is 1. The van der Waals surface area contributed by atoms with Crippen molar-refractivity contribution >= 4 is 6.09 Å². The average Bonchev–Trinajstić information content (AvgIpc) is 2.08. The van der Waals surface area contributed by atoms with Crippen molar-refractivity contribution in [1.82, 2.24) is 0 Å². The van der Waals surface area contributed by atoms with E-state index in [9.17, 15) is 4.79 Å². The van der Waals surface area contributed by atoms with Crippen LogP contribution in [0.4, 0.5) is 4.79 Å². The minimum Gasteiger partial charge on any atom is -0.442 e. The number of carbonyl (C=O) groups excluding carboxylic acids is 1. The van der Waals surface area contributed by atoms with Crippen LogP contribution in [-0.4, -0.2) is 25.4 Å². The van der Waals surface area contributed by atoms with Gasteiger partial charge in [-0.3, -0.25) is 0 Å². The highest BCUT2D eigenvalue weighted by atomic mass is 16.6. The molecule has 80 valence electrons. The molecule has 4 nitrogen and oxygen atoms in total. The number of hydrogen-bond donors (Lipinski definition) is 1. The van der Waals surface area contributed by atoms with E-state index < -0.39 is 6.09 Å². The highest BCUT2D eigenvalue weighted by Gasteiger charge is 2.14. The van der Waals surface area contributed by atoms with Gasteiger partial charge in [-0.25, -0.2) is 4.79 Å². The maximum Gasteiger partial charge on any atom is 0.405 e. The van der Waals surface area contributed by atoms with Crippen molar-refractivity contribution in [2.24, 2.45) is 5.73 Å². The zero-order chi connectivity index (χ0) is 10.4. The molecule has 0 aromatic heterocycles. The van der Waals surface area contributed by atoms with Crippen LogP contribution in [0.3, 0.4) is 0 Å². The molecule has 4 heteroatoms. The molecule has 0 aliphatic heterocycles. The van der Waals surface area contributed by atoms with Gasteiger partial charge in [-0.2, -0.15) is 0 Å². The molecule has 2 atom stereocenters. The fourth-order valence-corrected chi connectivity index (χ4v) is 1.60. The number of nitrogens with two attached hydrogens (primary N) is 1. The summed E-state index contributed by atoms with van der Waals surface area (Å²) in [7, 11) is 1.72. The van der Waals surface area contributed by atoms with Gasteiger partial charge < -0.3 is 15.2 Å². The van der Waals surface area contributed by atoms with Gasteiger partial charge in [0.1, 0.15) is 6.10 Å². The quantitative estimate of drug-likeness (QED) is 0.687. The molecule has 0 spiro atoms. The number of hydrogen-bond acceptors (Lipinski definition) is 3. The molecule has 0 saturated carbocycles. The Morgan fingerprint density at radius 2 is 2.29 bits per heavy atom. The summed E-state index contributed by atoms with van der Waals surface area (Å²) in [5.41, 5.74) is 4.95. The zero-order valence-corrected chi connectivity index (χ0v) is 8.44. The number of carbonyl (C=O) groups is 1. The van der Waals surface area contributed by atoms with Crippen molar-refractivity contribution in [3.05, 3.63) is 12.2 Å². The number of methoxy groups -OCH3 is 1. The van der Waals surface area contributed by atoms with E-state index in [1.807, 2.05) is 12.2 Å². The third kappa shape index (κ3) is 3.79. The molecule has 1 rings (SSSR count). The third-order valence-corrected chi connectivity index (χ3v) is 2.37. The van der Waals surface area contributed by atoms with Crippen molar-refractivity contribution in [2.45, 2.75) is 37.9 Å². The van der Waals surface area contributed by atoms with Crippen LogP contribution < -0.4 is 5.73 Å². The van der Waals surface area contributed by atoms with Crippen LogP contribution in [0.1, 0.15) is 25.7 Å². The highest BCUT2D eigenvalue weighted by molar-refractivity contribution is 5.65. The lowest BCUT2D eigenvalue weighted by Gasteiger charge is -2.19. The molecule has 0 heterocycles. The van der Waals surface area contributed by atoms with Gasteiger partial charge in [0.15, 0.2) is 0 Å². The molecule has 14 heavy (non-hydrogen) atoms. The minimum absolute atomic E-state index is 0.162. The topological polar surface area (TPSA) is 61.6 Å². The second-order valence-electron chi connectivity index (χ2n) is 3.43. The van der Waals surface area contributed by atoms with Gasteiger partial charge in [0, 0.05) is 7.11 Å². The Hall–Kier alpha value is -1.03. The van der Waals surface area contributed by atoms with Crippen molar-refractivity contribution in [3.8, 4) is 0 Å². The Morgan fingerprint density at radius 3 is 2.93 bits per heavy atom. The highest BCUT2D eigenvalue weighted by Crippen LogP contribution is 2.16. The van der Waals surface area contributed by atoms with Crippen molar-refractivity contribution < 1.29 is 14.3 Å². The molecule has 0 radical (unpaired) electrons. The van der Waals surface area contributed by atoms with Gasteiger partial charge in [-0.1, -0.05) is 6.08 Å². The predicted molar refractivity (Wildman–Crippen MR) is 52.9 cm³/mol. The SMILES string of the molecule is COC1CC=CC(OC(N)=O)CCC1. The van der Waals surface area contributed by atoms with Crippen LogP contribution in [0, 0.1) is 0 Å². The first kappa shape index (κ1) is 11.0. The van der Waals surface area contributed by atoms with E-state index in [1.165, 1.54) is 0 Å². The number of rotatable bonds is 2. The lowest BCUT2D eigenvalue weighted by Crippen LogP contribution is -2.23. The Labute approximate surface area is 84.1 Å². The second kappa shape index (κ2) is 5.65. The van der Waals surface area contributed by atoms with E-state index in [0.717, 1.165) is 25.7 Å². The van der Waals surface area contributed by atoms with Gasteiger partial charge in [0.25, 0.3) is 0 Å². The first-order valence-electron chi connectivity index (χ1n) is 4.88. The van der Waals surface area contributed by atoms with Crippen molar-refractivity contribution in [2.75, 3.05) is 7.11 Å². The van der Waals surface area contributed by atoms with Gasteiger partial charge in [-0.05, 0) is 31.8 Å². The summed E-state index contributed by atoms with van der Waals surface area (Å²) in [5, 5.41) is 0. The van der Waals surface area contributed by atoms with Gasteiger partial charge >= 0.3 is 6.09 Å². The summed E-state index contributed by atoms with van der Waals surface area (Å²) in [6.45, 7) is 0. The predicted octanol–water partition coefficient (Wildman–Crippen LogP) is 1.60. The van der Waals surface area contributed by atoms with Gasteiger partial charge in [-0.15, -0.1) is 0 Å². The first-order chi connectivity index (χ1) is 6.72. The third-order valence-electron chi connectivity index (χ3n) is 2.37. The van der Waals surface area contributed by atoms with E-state index in [1.54, 1.807) is 7.11 Å². The summed E-state index contributed by atoms with van der Waals surface area (Å²) in [6.07, 6.45) is 6.97. The zero-order valence-electron chi connectivity index (χ0n) is 8.44. The molecule has 0 fully saturated rings. The standard InChI is InChI=1S/C10H17NO3/c1-13-8-4-2-6-9(7-3-5-8)14-10(11)12/h2,6,8-9H,3-5,7H2,1H3,(H2,11,12). The number of primary amides is 1. The van der Waals surface area contributed by atoms with Crippen LogP contribution >= 0.6 is 0 Å². The summed E-state index contributed by atoms with van der Waals surface area (Å²) in [6, 6.07) is 0. The lowest BCUT2D eigenvalue weighted by molar-refractivity contribution is 0.0832. The molecule has 1 aliphatic carbocycles. The maximum absolute atomic E-state index is 10.5. The van der Waals surface area contributed by atoms with Crippen molar-refractivity contribution in [3.63, 3.8) is 0 Å². The Morgan fingerprint density at radius 1 is 1.50 bits per heavy atom. The van der Waals surface area contributed by atoms with Crippen LogP contribution in [0.15, 0.2) is 12.2 Å². The van der Waals surface area contributed by atoms with Crippen LogP contribution in [-0.2, 0) is 9.47 Å². The minimum atomic E-state index is -0.705. The van der Waals surface area contributed by atoms with E-state index in [-0.39, 0.29) is 6.10 Å². The summed E-state index contributed by atoms with van der Waals surface area (Å²) < 4.78 is 10.2. The molecule has 0 aromatic rings. The first-order valence-corrected chi connectivity index (χ1v) is 4.88. The Balaban J connectivity index is 2.42. The molecule has 1 aliphatic rings. The molecule has 0 aromatic carbocycles. The molecule has 0 bridgehead atoms. The molecular weight excluding hydrogens is 182 g/mol. The maximum atomic E-state index is 10.5. The van der Waals surface area contributed by atoms with Crippen molar-refractivity contribution in [1.29, 1.82) is 0 Å². The van der Waals surface area contributed by atoms with E-state index in [2.05, 4.69) is 0 Å². The largest absolute Gasteiger partial charge is 0.442 e. The van der Waals surface area contributed by atoms with E-state index >= 15 is 0 Å². The van der Waals surface area contributed by atoms with Gasteiger partial charge in [0.05, 0.1) is 6.10 Å². The summed E-state index contributed by atoms with van der Waals surface area (Å²) >= 11 is 0. The summed E-state index contributed by atoms with van der Waals surface area (Å²) in [5.74, 6) is 0. The molecule has 0 saturated heterocycles. The molecular formula is C10H17NO3. The monoisotopic (exact) mass is 199 g/mol. The van der Waals surface area contributed by atoms with Crippen LogP contribution in [0.25, 0.3) is 0 Å². The van der Waals surface area contributed by atoms with E-state index in [0.29, 0.717) is 6.10 Å². The molecule has 2 N–H and O–H groups in total. The lowest BCUT2D eigenvalue weighted by atomic mass is 10.0. The fraction of sp³-hybridized carbons (Fsp3) is 0.700. The van der Waals surface area contributed by atoms with Gasteiger partial charge in [0.2, 0.25) is 0 Å². The Bertz CT molecular complexity index is 215. The number of ether oxygens (including phenoxy) is 2. The van der Waals surface area contributed by atoms with Crippen LogP contribution in [0.2, 0.25) is 0 Å². The van der Waals surface area contributed by atoms with E-state index in [4.69, 9.17) is 15.2 Å².